The van der Waals surface area contributed by atoms with Crippen LogP contribution in [-0.4, -0.2) is 22.7 Å². The minimum atomic E-state index is -0.236. The van der Waals surface area contributed by atoms with E-state index < -0.39 is 0 Å². The third-order valence-corrected chi connectivity index (χ3v) is 6.99. The first kappa shape index (κ1) is 23.8. The summed E-state index contributed by atoms with van der Waals surface area (Å²) in [5.41, 5.74) is 3.47. The van der Waals surface area contributed by atoms with E-state index in [1.165, 1.54) is 11.8 Å². The van der Waals surface area contributed by atoms with Gasteiger partial charge in [-0.15, -0.1) is 0 Å². The molecular weight excluding hydrogens is 488 g/mol. The Bertz CT molecular complexity index is 1490. The lowest BCUT2D eigenvalue weighted by Crippen LogP contribution is -2.27. The lowest BCUT2D eigenvalue weighted by molar-refractivity contribution is -0.118. The molecule has 0 saturated carbocycles. The molecule has 7 heteroatoms. The molecule has 4 aromatic rings. The minimum Gasteiger partial charge on any atom is -0.484 e. The van der Waals surface area contributed by atoms with Crippen LogP contribution in [0.5, 0.6) is 5.75 Å². The molecule has 0 aromatic heterocycles. The Kier molecular flexibility index (Phi) is 6.84. The van der Waals surface area contributed by atoms with E-state index in [2.05, 4.69) is 5.32 Å². The Hall–Kier alpha value is -3.94. The highest BCUT2D eigenvalue weighted by Gasteiger charge is 2.34. The number of thiocarbonyl (C=S) groups is 1. The molecule has 5 rings (SSSR count). The van der Waals surface area contributed by atoms with Crippen LogP contribution in [0.2, 0.25) is 0 Å². The number of fused-ring (bicyclic) bond motifs is 1. The number of amides is 2. The first-order valence-electron chi connectivity index (χ1n) is 11.3. The number of ether oxygens (including phenoxy) is 1. The summed E-state index contributed by atoms with van der Waals surface area (Å²) in [5, 5.41) is 4.84. The van der Waals surface area contributed by atoms with Crippen molar-refractivity contribution in [3.05, 3.63) is 107 Å². The van der Waals surface area contributed by atoms with Crippen LogP contribution in [0.1, 0.15) is 11.1 Å². The summed E-state index contributed by atoms with van der Waals surface area (Å²) in [6, 6.07) is 28.6. The largest absolute Gasteiger partial charge is 0.484 e. The lowest BCUT2D eigenvalue weighted by Gasteiger charge is -2.17. The predicted octanol–water partition coefficient (Wildman–Crippen LogP) is 6.57. The maximum Gasteiger partial charge on any atom is 0.270 e. The fourth-order valence-corrected chi connectivity index (χ4v) is 5.16. The standard InChI is InChI=1S/C29H22N2O3S2/c1-19-9-13-22(14-10-19)30-27(32)18-34-23-15-11-20(12-16-23)17-26-28(33)31(29(35)36-26)25-8-4-6-21-5-2-3-7-24(21)25/h2-17H,18H2,1H3,(H,30,32)/b26-17-. The van der Waals surface area contributed by atoms with Gasteiger partial charge in [0.1, 0.15) is 5.75 Å². The van der Waals surface area contributed by atoms with Crippen LogP contribution >= 0.6 is 24.0 Å². The van der Waals surface area contributed by atoms with Gasteiger partial charge >= 0.3 is 0 Å². The van der Waals surface area contributed by atoms with Gasteiger partial charge in [-0.1, -0.05) is 90.2 Å². The zero-order valence-electron chi connectivity index (χ0n) is 19.4. The van der Waals surface area contributed by atoms with Gasteiger partial charge in [0, 0.05) is 11.1 Å². The molecule has 1 aliphatic heterocycles. The molecule has 1 N–H and O–H groups in total. The molecule has 0 atom stereocenters. The molecule has 36 heavy (non-hydrogen) atoms. The van der Waals surface area contributed by atoms with E-state index in [1.54, 1.807) is 17.0 Å². The summed E-state index contributed by atoms with van der Waals surface area (Å²) in [5.74, 6) is 0.184. The van der Waals surface area contributed by atoms with E-state index in [-0.39, 0.29) is 18.4 Å². The van der Waals surface area contributed by atoms with Gasteiger partial charge in [-0.25, -0.2) is 0 Å². The fraction of sp³-hybridized carbons (Fsp3) is 0.0690. The van der Waals surface area contributed by atoms with Crippen LogP contribution < -0.4 is 15.0 Å². The quantitative estimate of drug-likeness (QED) is 0.235. The Labute approximate surface area is 218 Å². The highest BCUT2D eigenvalue weighted by atomic mass is 32.2. The average Bonchev–Trinajstić information content (AvgIpc) is 3.17. The molecule has 0 aliphatic carbocycles. The van der Waals surface area contributed by atoms with Gasteiger partial charge in [0.05, 0.1) is 10.6 Å². The van der Waals surface area contributed by atoms with Crippen molar-refractivity contribution in [1.29, 1.82) is 0 Å². The minimum absolute atomic E-state index is 0.100. The van der Waals surface area contributed by atoms with Gasteiger partial charge in [-0.3, -0.25) is 14.5 Å². The second kappa shape index (κ2) is 10.4. The highest BCUT2D eigenvalue weighted by Crippen LogP contribution is 2.39. The second-order valence-electron chi connectivity index (χ2n) is 8.29. The van der Waals surface area contributed by atoms with Crippen LogP contribution in [0.25, 0.3) is 16.8 Å². The van der Waals surface area contributed by atoms with Crippen molar-refractivity contribution >= 4 is 68.3 Å². The Balaban J connectivity index is 1.25. The number of hydrogen-bond acceptors (Lipinski definition) is 5. The number of aryl methyl sites for hydroxylation is 1. The van der Waals surface area contributed by atoms with Crippen molar-refractivity contribution in [2.75, 3.05) is 16.8 Å². The molecule has 2 amide bonds. The molecule has 1 saturated heterocycles. The van der Waals surface area contributed by atoms with E-state index in [9.17, 15) is 9.59 Å². The van der Waals surface area contributed by atoms with Gasteiger partial charge in [0.2, 0.25) is 0 Å². The molecule has 0 unspecified atom stereocenters. The molecule has 178 valence electrons. The van der Waals surface area contributed by atoms with Crippen molar-refractivity contribution in [2.24, 2.45) is 0 Å². The number of rotatable bonds is 6. The van der Waals surface area contributed by atoms with Gasteiger partial charge in [0.25, 0.3) is 11.8 Å². The molecule has 1 aliphatic rings. The summed E-state index contributed by atoms with van der Waals surface area (Å²) in [6.45, 7) is 1.89. The number of carbonyl (C=O) groups is 2. The van der Waals surface area contributed by atoms with Crippen molar-refractivity contribution in [2.45, 2.75) is 6.92 Å². The average molecular weight is 511 g/mol. The molecule has 0 spiro atoms. The van der Waals surface area contributed by atoms with Gasteiger partial charge < -0.3 is 10.1 Å². The van der Waals surface area contributed by atoms with E-state index in [4.69, 9.17) is 17.0 Å². The maximum absolute atomic E-state index is 13.3. The molecular formula is C29H22N2O3S2. The zero-order valence-corrected chi connectivity index (χ0v) is 21.1. The maximum atomic E-state index is 13.3. The van der Waals surface area contributed by atoms with Crippen molar-refractivity contribution in [3.8, 4) is 5.75 Å². The fourth-order valence-electron chi connectivity index (χ4n) is 3.87. The summed E-state index contributed by atoms with van der Waals surface area (Å²) in [4.78, 5) is 27.6. The van der Waals surface area contributed by atoms with Crippen LogP contribution in [0.15, 0.2) is 95.9 Å². The van der Waals surface area contributed by atoms with Crippen LogP contribution in [0.3, 0.4) is 0 Å². The second-order valence-corrected chi connectivity index (χ2v) is 9.96. The van der Waals surface area contributed by atoms with Gasteiger partial charge in [-0.05, 0) is 54.3 Å². The SMILES string of the molecule is Cc1ccc(NC(=O)COc2ccc(/C=C3\SC(=S)N(c4cccc5ccccc45)C3=O)cc2)cc1. The number of hydrogen-bond donors (Lipinski definition) is 1. The zero-order chi connectivity index (χ0) is 25.1. The molecule has 0 radical (unpaired) electrons. The van der Waals surface area contributed by atoms with E-state index in [1.807, 2.05) is 91.9 Å². The number of benzene rings is 4. The van der Waals surface area contributed by atoms with Crippen LogP contribution in [0.4, 0.5) is 11.4 Å². The molecule has 1 heterocycles. The van der Waals surface area contributed by atoms with Crippen LogP contribution in [0, 0.1) is 6.92 Å². The highest BCUT2D eigenvalue weighted by molar-refractivity contribution is 8.27. The number of anilines is 2. The number of carbonyl (C=O) groups excluding carboxylic acids is 2. The number of nitrogens with one attached hydrogen (secondary N) is 1. The van der Waals surface area contributed by atoms with E-state index in [0.717, 1.165) is 33.3 Å². The van der Waals surface area contributed by atoms with Crippen molar-refractivity contribution in [3.63, 3.8) is 0 Å². The monoisotopic (exact) mass is 510 g/mol. The first-order valence-corrected chi connectivity index (χ1v) is 12.6. The third kappa shape index (κ3) is 5.17. The lowest BCUT2D eigenvalue weighted by atomic mass is 10.1. The van der Waals surface area contributed by atoms with Crippen molar-refractivity contribution in [1.82, 2.24) is 0 Å². The number of nitrogens with zero attached hydrogens (tertiary/aromatic N) is 1. The summed E-state index contributed by atoms with van der Waals surface area (Å²) >= 11 is 6.84. The molecule has 5 nitrogen and oxygen atoms in total. The summed E-state index contributed by atoms with van der Waals surface area (Å²) in [6.07, 6.45) is 1.82. The third-order valence-electron chi connectivity index (χ3n) is 5.68. The number of thioether (sulfide) groups is 1. The summed E-state index contributed by atoms with van der Waals surface area (Å²) in [7, 11) is 0. The normalized spacial score (nSPS) is 14.5. The van der Waals surface area contributed by atoms with E-state index >= 15 is 0 Å². The summed E-state index contributed by atoms with van der Waals surface area (Å²) < 4.78 is 6.11. The molecule has 1 fully saturated rings. The smallest absolute Gasteiger partial charge is 0.270 e. The Morgan fingerprint density at radius 2 is 1.69 bits per heavy atom. The van der Waals surface area contributed by atoms with E-state index in [0.29, 0.717) is 15.0 Å². The Morgan fingerprint density at radius 1 is 0.972 bits per heavy atom. The van der Waals surface area contributed by atoms with Gasteiger partial charge in [-0.2, -0.15) is 0 Å². The molecule has 0 bridgehead atoms. The first-order chi connectivity index (χ1) is 17.5. The topological polar surface area (TPSA) is 58.6 Å². The Morgan fingerprint density at radius 3 is 2.47 bits per heavy atom. The molecule has 4 aromatic carbocycles. The van der Waals surface area contributed by atoms with Crippen molar-refractivity contribution < 1.29 is 14.3 Å². The van der Waals surface area contributed by atoms with Gasteiger partial charge in [0.15, 0.2) is 10.9 Å². The predicted molar refractivity (Wildman–Crippen MR) is 151 cm³/mol. The van der Waals surface area contributed by atoms with Crippen LogP contribution in [-0.2, 0) is 9.59 Å².